The lowest BCUT2D eigenvalue weighted by Crippen LogP contribution is -2.29. The van der Waals surface area contributed by atoms with Gasteiger partial charge in [0.05, 0.1) is 10.6 Å². The lowest BCUT2D eigenvalue weighted by molar-refractivity contribution is -0.0431. The molecule has 8 heteroatoms. The van der Waals surface area contributed by atoms with Gasteiger partial charge in [-0.3, -0.25) is 9.52 Å². The van der Waals surface area contributed by atoms with Gasteiger partial charge in [-0.25, -0.2) is 8.42 Å². The van der Waals surface area contributed by atoms with Crippen molar-refractivity contribution in [2.45, 2.75) is 38.4 Å². The van der Waals surface area contributed by atoms with Crippen molar-refractivity contribution in [2.24, 2.45) is 0 Å². The molecular weight excluding hydrogens is 428 g/mol. The van der Waals surface area contributed by atoms with E-state index in [4.69, 9.17) is 9.47 Å². The monoisotopic (exact) mass is 452 g/mol. The van der Waals surface area contributed by atoms with Gasteiger partial charge in [-0.2, -0.15) is 0 Å². The van der Waals surface area contributed by atoms with Crippen molar-refractivity contribution in [3.63, 3.8) is 0 Å². The molecule has 0 saturated heterocycles. The maximum absolute atomic E-state index is 13.0. The first-order chi connectivity index (χ1) is 15.0. The zero-order valence-corrected chi connectivity index (χ0v) is 19.0. The third kappa shape index (κ3) is 4.40. The summed E-state index contributed by atoms with van der Waals surface area (Å²) >= 11 is 0. The summed E-state index contributed by atoms with van der Waals surface area (Å²) in [4.78, 5) is 13.0. The molecule has 3 aromatic rings. The Hall–Kier alpha value is -3.52. The highest BCUT2D eigenvalue weighted by atomic mass is 32.2. The van der Waals surface area contributed by atoms with Gasteiger partial charge in [-0.05, 0) is 55.3 Å². The molecule has 0 spiro atoms. The Balaban J connectivity index is 1.58. The highest BCUT2D eigenvalue weighted by Crippen LogP contribution is 2.40. The van der Waals surface area contributed by atoms with E-state index in [-0.39, 0.29) is 10.5 Å². The van der Waals surface area contributed by atoms with Crippen LogP contribution in [0.5, 0.6) is 11.5 Å². The molecular formula is C24H24N2O5S. The molecule has 0 fully saturated rings. The molecule has 0 radical (unpaired) electrons. The minimum atomic E-state index is -3.87. The van der Waals surface area contributed by atoms with Crippen molar-refractivity contribution < 1.29 is 22.7 Å². The van der Waals surface area contributed by atoms with E-state index in [1.807, 2.05) is 19.1 Å². The van der Waals surface area contributed by atoms with Crippen LogP contribution in [0, 0.1) is 13.8 Å². The number of sulfonamides is 1. The number of rotatable bonds is 5. The summed E-state index contributed by atoms with van der Waals surface area (Å²) in [6.45, 7) is 7.16. The number of ether oxygens (including phenoxy) is 2. The topological polar surface area (TPSA) is 93.7 Å². The third-order valence-corrected chi connectivity index (χ3v) is 6.43. The fraction of sp³-hybridized carbons (Fsp3) is 0.208. The van der Waals surface area contributed by atoms with Gasteiger partial charge in [0.15, 0.2) is 11.5 Å². The molecule has 0 unspecified atom stereocenters. The molecule has 3 aromatic carbocycles. The van der Waals surface area contributed by atoms with Crippen LogP contribution in [-0.4, -0.2) is 20.1 Å². The maximum atomic E-state index is 13.0. The van der Waals surface area contributed by atoms with Crippen LogP contribution in [0.25, 0.3) is 0 Å². The quantitative estimate of drug-likeness (QED) is 0.576. The van der Waals surface area contributed by atoms with Gasteiger partial charge in [0.25, 0.3) is 15.9 Å². The van der Waals surface area contributed by atoms with Crippen LogP contribution in [0.2, 0.25) is 0 Å². The molecule has 1 amide bonds. The summed E-state index contributed by atoms with van der Waals surface area (Å²) in [5.74, 6) is -0.0645. The van der Waals surface area contributed by atoms with E-state index in [0.29, 0.717) is 28.4 Å². The number of anilines is 2. The summed E-state index contributed by atoms with van der Waals surface area (Å²) < 4.78 is 39.8. The average molecular weight is 453 g/mol. The number of amides is 1. The molecule has 0 atom stereocenters. The minimum Gasteiger partial charge on any atom is -0.449 e. The molecule has 1 heterocycles. The largest absolute Gasteiger partial charge is 0.449 e. The summed E-state index contributed by atoms with van der Waals surface area (Å²) in [5, 5.41) is 2.80. The highest BCUT2D eigenvalue weighted by molar-refractivity contribution is 7.92. The normalized spacial score (nSPS) is 14.1. The molecule has 4 rings (SSSR count). The molecule has 32 heavy (non-hydrogen) atoms. The van der Waals surface area contributed by atoms with Crippen molar-refractivity contribution in [1.29, 1.82) is 0 Å². The number of hydrogen-bond donors (Lipinski definition) is 2. The number of fused-ring (bicyclic) bond motifs is 1. The van der Waals surface area contributed by atoms with Gasteiger partial charge in [-0.1, -0.05) is 24.3 Å². The number of nitrogens with one attached hydrogen (secondary N) is 2. The van der Waals surface area contributed by atoms with Gasteiger partial charge in [0, 0.05) is 31.2 Å². The summed E-state index contributed by atoms with van der Waals surface area (Å²) in [6, 6.07) is 16.7. The standard InChI is InChI=1S/C24H24N2O5S/c1-15-9-11-18(32(28,29)26-20-8-6-5-7-16(20)2)14-19(15)23(27)25-17-10-12-21-22(13-17)31-24(3,4)30-21/h5-14,26H,1-4H3,(H,25,27). The van der Waals surface area contributed by atoms with Crippen molar-refractivity contribution >= 4 is 27.3 Å². The molecule has 1 aliphatic heterocycles. The predicted octanol–water partition coefficient (Wildman–Crippen LogP) is 4.86. The molecule has 166 valence electrons. The Labute approximate surface area is 187 Å². The Kier molecular flexibility index (Phi) is 5.34. The number of para-hydroxylation sites is 1. The van der Waals surface area contributed by atoms with E-state index < -0.39 is 21.7 Å². The first-order valence-electron chi connectivity index (χ1n) is 10.1. The second kappa shape index (κ2) is 7.87. The predicted molar refractivity (Wildman–Crippen MR) is 123 cm³/mol. The fourth-order valence-corrected chi connectivity index (χ4v) is 4.56. The molecule has 1 aliphatic rings. The lowest BCUT2D eigenvalue weighted by Gasteiger charge is -2.16. The van der Waals surface area contributed by atoms with E-state index in [2.05, 4.69) is 10.0 Å². The van der Waals surface area contributed by atoms with Gasteiger partial charge in [0.2, 0.25) is 5.79 Å². The molecule has 0 bridgehead atoms. The number of carbonyl (C=O) groups is 1. The summed E-state index contributed by atoms with van der Waals surface area (Å²) in [6.07, 6.45) is 0. The Bertz CT molecular complexity index is 1320. The number of aryl methyl sites for hydroxylation is 2. The van der Waals surface area contributed by atoms with Gasteiger partial charge in [0.1, 0.15) is 0 Å². The zero-order chi connectivity index (χ0) is 23.1. The SMILES string of the molecule is Cc1ccccc1NS(=O)(=O)c1ccc(C)c(C(=O)Nc2ccc3c(c2)OC(C)(C)O3)c1. The number of carbonyl (C=O) groups excluding carboxylic acids is 1. The van der Waals surface area contributed by atoms with Gasteiger partial charge < -0.3 is 14.8 Å². The second-order valence-electron chi connectivity index (χ2n) is 8.12. The Morgan fingerprint density at radius 1 is 0.875 bits per heavy atom. The van der Waals surface area contributed by atoms with Crippen molar-refractivity contribution in [3.8, 4) is 11.5 Å². The second-order valence-corrected chi connectivity index (χ2v) is 9.80. The number of benzene rings is 3. The van der Waals surface area contributed by atoms with Crippen molar-refractivity contribution in [2.75, 3.05) is 10.0 Å². The number of hydrogen-bond acceptors (Lipinski definition) is 5. The molecule has 0 saturated carbocycles. The van der Waals surface area contributed by atoms with Crippen LogP contribution in [0.4, 0.5) is 11.4 Å². The maximum Gasteiger partial charge on any atom is 0.261 e. The molecule has 2 N–H and O–H groups in total. The Morgan fingerprint density at radius 3 is 2.34 bits per heavy atom. The molecule has 7 nitrogen and oxygen atoms in total. The van der Waals surface area contributed by atoms with E-state index in [1.165, 1.54) is 12.1 Å². The zero-order valence-electron chi connectivity index (χ0n) is 18.2. The van der Waals surface area contributed by atoms with Crippen LogP contribution < -0.4 is 19.5 Å². The molecule has 0 aromatic heterocycles. The van der Waals surface area contributed by atoms with Crippen molar-refractivity contribution in [1.82, 2.24) is 0 Å². The third-order valence-electron chi connectivity index (χ3n) is 5.07. The average Bonchev–Trinajstić information content (AvgIpc) is 3.02. The van der Waals surface area contributed by atoms with E-state index >= 15 is 0 Å². The van der Waals surface area contributed by atoms with E-state index in [0.717, 1.165) is 5.56 Å². The minimum absolute atomic E-state index is 0.00365. The van der Waals surface area contributed by atoms with Crippen LogP contribution in [0.1, 0.15) is 35.3 Å². The van der Waals surface area contributed by atoms with E-state index in [9.17, 15) is 13.2 Å². The van der Waals surface area contributed by atoms with Crippen LogP contribution in [-0.2, 0) is 10.0 Å². The van der Waals surface area contributed by atoms with Gasteiger partial charge in [-0.15, -0.1) is 0 Å². The Morgan fingerprint density at radius 2 is 1.59 bits per heavy atom. The van der Waals surface area contributed by atoms with Gasteiger partial charge >= 0.3 is 0 Å². The highest BCUT2D eigenvalue weighted by Gasteiger charge is 2.31. The van der Waals surface area contributed by atoms with E-state index in [1.54, 1.807) is 57.2 Å². The van der Waals surface area contributed by atoms with Crippen LogP contribution >= 0.6 is 0 Å². The fourth-order valence-electron chi connectivity index (χ4n) is 3.40. The van der Waals surface area contributed by atoms with Crippen molar-refractivity contribution in [3.05, 3.63) is 77.4 Å². The first-order valence-corrected chi connectivity index (χ1v) is 11.5. The smallest absolute Gasteiger partial charge is 0.261 e. The van der Waals surface area contributed by atoms with Crippen LogP contribution in [0.3, 0.4) is 0 Å². The van der Waals surface area contributed by atoms with Crippen LogP contribution in [0.15, 0.2) is 65.6 Å². The lowest BCUT2D eigenvalue weighted by atomic mass is 10.1. The molecule has 0 aliphatic carbocycles. The first kappa shape index (κ1) is 21.7. The summed E-state index contributed by atoms with van der Waals surface area (Å²) in [7, 11) is -3.87. The summed E-state index contributed by atoms with van der Waals surface area (Å²) in [5.41, 5.74) is 2.71.